The lowest BCUT2D eigenvalue weighted by molar-refractivity contribution is 0.927. The molecular formula is C13H13N3S. The maximum atomic E-state index is 8.75. The zero-order valence-corrected chi connectivity index (χ0v) is 10.3. The molecule has 0 atom stereocenters. The second-order valence-corrected chi connectivity index (χ2v) is 5.32. The number of aromatic amines is 1. The van der Waals surface area contributed by atoms with E-state index in [2.05, 4.69) is 27.7 Å². The van der Waals surface area contributed by atoms with Crippen LogP contribution in [0, 0.1) is 11.3 Å². The second kappa shape index (κ2) is 4.34. The molecular weight excluding hydrogens is 230 g/mol. The first-order valence-electron chi connectivity index (χ1n) is 5.88. The molecule has 0 unspecified atom stereocenters. The molecule has 86 valence electrons. The summed E-state index contributed by atoms with van der Waals surface area (Å²) in [5.41, 5.74) is 3.58. The van der Waals surface area contributed by atoms with Gasteiger partial charge in [0.15, 0.2) is 0 Å². The van der Waals surface area contributed by atoms with Crippen molar-refractivity contribution >= 4 is 11.3 Å². The molecule has 1 aliphatic carbocycles. The Balaban J connectivity index is 2.00. The molecule has 1 N–H and O–H groups in total. The fourth-order valence-corrected chi connectivity index (χ4v) is 2.88. The molecule has 3 rings (SSSR count). The molecule has 1 aliphatic rings. The van der Waals surface area contributed by atoms with Crippen molar-refractivity contribution in [2.24, 2.45) is 0 Å². The Morgan fingerprint density at radius 1 is 1.53 bits per heavy atom. The first-order valence-corrected chi connectivity index (χ1v) is 6.76. The molecule has 2 aromatic heterocycles. The largest absolute Gasteiger partial charge is 0.281 e. The van der Waals surface area contributed by atoms with Gasteiger partial charge >= 0.3 is 0 Å². The van der Waals surface area contributed by atoms with Crippen molar-refractivity contribution in [3.8, 4) is 16.6 Å². The Morgan fingerprint density at radius 3 is 3.06 bits per heavy atom. The van der Waals surface area contributed by atoms with Gasteiger partial charge in [-0.2, -0.15) is 10.4 Å². The van der Waals surface area contributed by atoms with E-state index in [1.807, 2.05) is 6.07 Å². The SMILES string of the molecule is N#CCCc1c(-c2cccs2)n[nH]c1C1CC1. The highest BCUT2D eigenvalue weighted by atomic mass is 32.1. The van der Waals surface area contributed by atoms with Crippen molar-refractivity contribution in [2.45, 2.75) is 31.6 Å². The molecule has 3 nitrogen and oxygen atoms in total. The van der Waals surface area contributed by atoms with Crippen molar-refractivity contribution in [2.75, 3.05) is 0 Å². The van der Waals surface area contributed by atoms with Gasteiger partial charge in [0, 0.05) is 23.6 Å². The summed E-state index contributed by atoms with van der Waals surface area (Å²) in [6.45, 7) is 0. The third-order valence-corrected chi connectivity index (χ3v) is 4.00. The summed E-state index contributed by atoms with van der Waals surface area (Å²) in [4.78, 5) is 1.20. The van der Waals surface area contributed by atoms with Gasteiger partial charge in [0.1, 0.15) is 5.69 Å². The normalized spacial score (nSPS) is 14.8. The number of nitrogens with zero attached hydrogens (tertiary/aromatic N) is 2. The fraction of sp³-hybridized carbons (Fsp3) is 0.385. The molecule has 2 heterocycles. The standard InChI is InChI=1S/C13H13N3S/c14-7-1-3-10-12(9-5-6-9)15-16-13(10)11-4-2-8-17-11/h2,4,8-9H,1,3,5-6H2,(H,15,16). The molecule has 1 saturated carbocycles. The number of rotatable bonds is 4. The van der Waals surface area contributed by atoms with Crippen LogP contribution in [0.1, 0.15) is 36.4 Å². The summed E-state index contributed by atoms with van der Waals surface area (Å²) in [6, 6.07) is 6.36. The first kappa shape index (κ1) is 10.5. The van der Waals surface area contributed by atoms with E-state index in [9.17, 15) is 0 Å². The molecule has 17 heavy (non-hydrogen) atoms. The van der Waals surface area contributed by atoms with E-state index in [0.29, 0.717) is 12.3 Å². The highest BCUT2D eigenvalue weighted by Gasteiger charge is 2.29. The van der Waals surface area contributed by atoms with Crippen LogP contribution in [0.4, 0.5) is 0 Å². The van der Waals surface area contributed by atoms with E-state index in [-0.39, 0.29) is 0 Å². The number of aromatic nitrogens is 2. The number of hydrogen-bond donors (Lipinski definition) is 1. The Labute approximate surface area is 104 Å². The van der Waals surface area contributed by atoms with Crippen LogP contribution in [-0.2, 0) is 6.42 Å². The van der Waals surface area contributed by atoms with Crippen LogP contribution in [0.3, 0.4) is 0 Å². The minimum absolute atomic E-state index is 0.567. The number of nitrogens with one attached hydrogen (secondary N) is 1. The molecule has 4 heteroatoms. The molecule has 0 aliphatic heterocycles. The lowest BCUT2D eigenvalue weighted by Crippen LogP contribution is -1.91. The maximum absolute atomic E-state index is 8.75. The lowest BCUT2D eigenvalue weighted by atomic mass is 10.0. The van der Waals surface area contributed by atoms with Crippen molar-refractivity contribution in [3.63, 3.8) is 0 Å². The van der Waals surface area contributed by atoms with Gasteiger partial charge in [0.25, 0.3) is 0 Å². The van der Waals surface area contributed by atoms with Gasteiger partial charge in [0.05, 0.1) is 10.9 Å². The van der Waals surface area contributed by atoms with Crippen molar-refractivity contribution in [1.82, 2.24) is 10.2 Å². The van der Waals surface area contributed by atoms with Gasteiger partial charge in [0.2, 0.25) is 0 Å². The molecule has 0 bridgehead atoms. The summed E-state index contributed by atoms with van der Waals surface area (Å²) in [6.07, 6.45) is 3.89. The molecule has 0 aromatic carbocycles. The van der Waals surface area contributed by atoms with Gasteiger partial charge in [-0.05, 0) is 30.7 Å². The topological polar surface area (TPSA) is 52.5 Å². The summed E-state index contributed by atoms with van der Waals surface area (Å²) in [5.74, 6) is 0.657. The Morgan fingerprint density at radius 2 is 2.41 bits per heavy atom. The summed E-state index contributed by atoms with van der Waals surface area (Å²) >= 11 is 1.70. The molecule has 1 fully saturated rings. The van der Waals surface area contributed by atoms with Gasteiger partial charge < -0.3 is 0 Å². The number of H-pyrrole nitrogens is 1. The monoisotopic (exact) mass is 243 g/mol. The highest BCUT2D eigenvalue weighted by Crippen LogP contribution is 2.43. The average molecular weight is 243 g/mol. The predicted molar refractivity (Wildman–Crippen MR) is 67.8 cm³/mol. The van der Waals surface area contributed by atoms with Crippen LogP contribution in [0.5, 0.6) is 0 Å². The Hall–Kier alpha value is -1.60. The van der Waals surface area contributed by atoms with Gasteiger partial charge in [-0.1, -0.05) is 6.07 Å². The Bertz CT molecular complexity index is 544. The summed E-state index contributed by atoms with van der Waals surface area (Å²) in [5, 5.41) is 18.4. The first-order chi connectivity index (χ1) is 8.40. The molecule has 0 spiro atoms. The zero-order valence-electron chi connectivity index (χ0n) is 9.44. The van der Waals surface area contributed by atoms with E-state index in [1.165, 1.54) is 29.0 Å². The number of hydrogen-bond acceptors (Lipinski definition) is 3. The molecule has 0 radical (unpaired) electrons. The van der Waals surface area contributed by atoms with Crippen LogP contribution in [0.15, 0.2) is 17.5 Å². The second-order valence-electron chi connectivity index (χ2n) is 4.37. The number of nitriles is 1. The minimum Gasteiger partial charge on any atom is -0.281 e. The highest BCUT2D eigenvalue weighted by molar-refractivity contribution is 7.13. The van der Waals surface area contributed by atoms with E-state index in [0.717, 1.165) is 12.1 Å². The molecule has 0 amide bonds. The van der Waals surface area contributed by atoms with Crippen LogP contribution < -0.4 is 0 Å². The molecule has 0 saturated heterocycles. The van der Waals surface area contributed by atoms with E-state index in [1.54, 1.807) is 11.3 Å². The third kappa shape index (κ3) is 1.98. The quantitative estimate of drug-likeness (QED) is 0.893. The van der Waals surface area contributed by atoms with Crippen molar-refractivity contribution < 1.29 is 0 Å². The van der Waals surface area contributed by atoms with Gasteiger partial charge in [-0.3, -0.25) is 5.10 Å². The summed E-state index contributed by atoms with van der Waals surface area (Å²) in [7, 11) is 0. The van der Waals surface area contributed by atoms with Crippen molar-refractivity contribution in [1.29, 1.82) is 5.26 Å². The average Bonchev–Trinajstić information content (AvgIpc) is 2.91. The maximum Gasteiger partial charge on any atom is 0.106 e. The van der Waals surface area contributed by atoms with E-state index < -0.39 is 0 Å². The lowest BCUT2D eigenvalue weighted by Gasteiger charge is -2.01. The molecule has 2 aromatic rings. The van der Waals surface area contributed by atoms with Gasteiger partial charge in [-0.15, -0.1) is 11.3 Å². The third-order valence-electron chi connectivity index (χ3n) is 3.13. The predicted octanol–water partition coefficient (Wildman–Crippen LogP) is 3.47. The van der Waals surface area contributed by atoms with E-state index >= 15 is 0 Å². The van der Waals surface area contributed by atoms with Crippen LogP contribution in [0.25, 0.3) is 10.6 Å². The Kier molecular flexibility index (Phi) is 2.69. The van der Waals surface area contributed by atoms with Crippen LogP contribution >= 0.6 is 11.3 Å². The fourth-order valence-electron chi connectivity index (χ4n) is 2.14. The zero-order chi connectivity index (χ0) is 11.7. The number of thiophene rings is 1. The van der Waals surface area contributed by atoms with E-state index in [4.69, 9.17) is 5.26 Å². The smallest absolute Gasteiger partial charge is 0.106 e. The van der Waals surface area contributed by atoms with Crippen LogP contribution in [0.2, 0.25) is 0 Å². The van der Waals surface area contributed by atoms with Gasteiger partial charge in [-0.25, -0.2) is 0 Å². The van der Waals surface area contributed by atoms with Crippen molar-refractivity contribution in [3.05, 3.63) is 28.8 Å². The minimum atomic E-state index is 0.567. The summed E-state index contributed by atoms with van der Waals surface area (Å²) < 4.78 is 0. The van der Waals surface area contributed by atoms with Crippen LogP contribution in [-0.4, -0.2) is 10.2 Å².